The van der Waals surface area contributed by atoms with Crippen molar-refractivity contribution in [2.75, 3.05) is 18.4 Å². The second-order valence-corrected chi connectivity index (χ2v) is 14.2. The lowest BCUT2D eigenvalue weighted by molar-refractivity contribution is -0.115. The first-order valence-corrected chi connectivity index (χ1v) is 15.8. The third-order valence-electron chi connectivity index (χ3n) is 8.03. The number of aryl methyl sites for hydroxylation is 1. The minimum atomic E-state index is -0.516. The zero-order valence-electron chi connectivity index (χ0n) is 27.8. The number of carbonyl (C=O) groups excluding carboxylic acids is 2. The minimum absolute atomic E-state index is 0.119. The number of halogens is 1. The van der Waals surface area contributed by atoms with E-state index in [-0.39, 0.29) is 29.5 Å². The normalized spacial score (nSPS) is 14.4. The number of pyridine rings is 1. The lowest BCUT2D eigenvalue weighted by Crippen LogP contribution is -2.42. The molecule has 0 saturated carbocycles. The van der Waals surface area contributed by atoms with Gasteiger partial charge >= 0.3 is 6.09 Å². The monoisotopic (exact) mass is 629 g/mol. The molecule has 3 heterocycles. The van der Waals surface area contributed by atoms with Crippen molar-refractivity contribution in [2.45, 2.75) is 85.3 Å². The van der Waals surface area contributed by atoms with Crippen LogP contribution >= 0.6 is 0 Å². The van der Waals surface area contributed by atoms with Crippen molar-refractivity contribution in [3.05, 3.63) is 77.5 Å². The smallest absolute Gasteiger partial charge is 0.410 e. The summed E-state index contributed by atoms with van der Waals surface area (Å²) in [5.41, 5.74) is 2.76. The van der Waals surface area contributed by atoms with Gasteiger partial charge in [0.2, 0.25) is 5.91 Å². The lowest BCUT2D eigenvalue weighted by atomic mass is 9.90. The van der Waals surface area contributed by atoms with Crippen molar-refractivity contribution in [3.8, 4) is 11.5 Å². The van der Waals surface area contributed by atoms with Gasteiger partial charge in [0.15, 0.2) is 0 Å². The first kappa shape index (κ1) is 32.9. The van der Waals surface area contributed by atoms with Crippen LogP contribution in [0.15, 0.2) is 55.0 Å². The number of nitrogens with one attached hydrogen (secondary N) is 1. The highest BCUT2D eigenvalue weighted by Crippen LogP contribution is 2.34. The minimum Gasteiger partial charge on any atom is -0.456 e. The van der Waals surface area contributed by atoms with Crippen LogP contribution < -0.4 is 10.1 Å². The van der Waals surface area contributed by atoms with Gasteiger partial charge in [-0.1, -0.05) is 6.07 Å². The van der Waals surface area contributed by atoms with Crippen LogP contribution in [0, 0.1) is 18.7 Å². The number of aromatic nitrogens is 3. The van der Waals surface area contributed by atoms with E-state index in [4.69, 9.17) is 9.47 Å². The summed E-state index contributed by atoms with van der Waals surface area (Å²) >= 11 is 0. The molecule has 1 aliphatic rings. The van der Waals surface area contributed by atoms with E-state index >= 15 is 4.39 Å². The van der Waals surface area contributed by atoms with E-state index < -0.39 is 11.4 Å². The number of nitrogens with zero attached hydrogens (tertiary/aromatic N) is 4. The molecule has 0 aliphatic carbocycles. The molecule has 0 spiro atoms. The number of benzene rings is 2. The van der Waals surface area contributed by atoms with E-state index in [2.05, 4.69) is 27.5 Å². The van der Waals surface area contributed by atoms with Crippen LogP contribution in [-0.4, -0.2) is 50.4 Å². The number of amides is 2. The average Bonchev–Trinajstić information content (AvgIpc) is 3.44. The molecule has 1 fully saturated rings. The molecular weight excluding hydrogens is 585 g/mol. The molecule has 1 aliphatic heterocycles. The maximum Gasteiger partial charge on any atom is 0.410 e. The van der Waals surface area contributed by atoms with Crippen molar-refractivity contribution in [1.82, 2.24) is 19.7 Å². The number of rotatable bonds is 7. The van der Waals surface area contributed by atoms with Gasteiger partial charge < -0.3 is 19.7 Å². The van der Waals surface area contributed by atoms with E-state index in [9.17, 15) is 9.59 Å². The summed E-state index contributed by atoms with van der Waals surface area (Å²) in [5.74, 6) is 0.547. The Morgan fingerprint density at radius 3 is 2.43 bits per heavy atom. The fourth-order valence-corrected chi connectivity index (χ4v) is 5.58. The van der Waals surface area contributed by atoms with Crippen molar-refractivity contribution in [1.29, 1.82) is 0 Å². The van der Waals surface area contributed by atoms with Gasteiger partial charge in [0.25, 0.3) is 0 Å². The molecule has 2 amide bonds. The molecule has 10 heteroatoms. The first-order valence-electron chi connectivity index (χ1n) is 15.8. The summed E-state index contributed by atoms with van der Waals surface area (Å²) in [7, 11) is 0. The van der Waals surface area contributed by atoms with Crippen LogP contribution in [0.2, 0.25) is 0 Å². The maximum absolute atomic E-state index is 15.3. The number of fused-ring (bicyclic) bond motifs is 1. The van der Waals surface area contributed by atoms with Gasteiger partial charge in [-0.25, -0.2) is 9.18 Å². The zero-order chi connectivity index (χ0) is 33.2. The van der Waals surface area contributed by atoms with E-state index in [0.29, 0.717) is 41.8 Å². The zero-order valence-corrected chi connectivity index (χ0v) is 27.8. The molecule has 46 heavy (non-hydrogen) atoms. The highest BCUT2D eigenvalue weighted by molar-refractivity contribution is 5.92. The summed E-state index contributed by atoms with van der Waals surface area (Å²) in [6.45, 7) is 14.9. The summed E-state index contributed by atoms with van der Waals surface area (Å²) in [4.78, 5) is 31.5. The Morgan fingerprint density at radius 1 is 1.02 bits per heavy atom. The van der Waals surface area contributed by atoms with Crippen LogP contribution in [0.25, 0.3) is 10.9 Å². The summed E-state index contributed by atoms with van der Waals surface area (Å²) in [5, 5.41) is 7.94. The van der Waals surface area contributed by atoms with Gasteiger partial charge in [0.1, 0.15) is 22.9 Å². The number of carbonyl (C=O) groups is 2. The molecular formula is C36H44FN5O4. The van der Waals surface area contributed by atoms with Crippen LogP contribution in [0.1, 0.15) is 71.1 Å². The summed E-state index contributed by atoms with van der Waals surface area (Å²) in [6, 6.07) is 10.9. The number of anilines is 1. The van der Waals surface area contributed by atoms with Crippen LogP contribution in [-0.2, 0) is 27.9 Å². The second kappa shape index (κ2) is 13.1. The topological polar surface area (TPSA) is 98.6 Å². The summed E-state index contributed by atoms with van der Waals surface area (Å²) < 4.78 is 28.8. The molecule has 0 unspecified atom stereocenters. The summed E-state index contributed by atoms with van der Waals surface area (Å²) in [6.07, 6.45) is 7.32. The molecule has 0 atom stereocenters. The van der Waals surface area contributed by atoms with E-state index in [1.54, 1.807) is 40.3 Å². The highest BCUT2D eigenvalue weighted by atomic mass is 19.1. The van der Waals surface area contributed by atoms with Gasteiger partial charge in [-0.05, 0) is 115 Å². The lowest BCUT2D eigenvalue weighted by Gasteiger charge is -2.33. The highest BCUT2D eigenvalue weighted by Gasteiger charge is 2.27. The third kappa shape index (κ3) is 8.21. The molecule has 244 valence electrons. The van der Waals surface area contributed by atoms with Gasteiger partial charge in [0.05, 0.1) is 29.4 Å². The Labute approximate surface area is 270 Å². The molecule has 5 rings (SSSR count). The van der Waals surface area contributed by atoms with E-state index in [1.165, 1.54) is 6.07 Å². The van der Waals surface area contributed by atoms with Crippen LogP contribution in [0.3, 0.4) is 0 Å². The second-order valence-electron chi connectivity index (χ2n) is 14.2. The SMILES string of the molecule is Cc1cc(CC(=O)Nc2cnn(C(C)(C)C)c2)c(F)cc1Oc1ccnc2ccc(CC3CCN(C(=O)OC(C)(C)C)CC3)cc12. The first-order chi connectivity index (χ1) is 21.6. The predicted octanol–water partition coefficient (Wildman–Crippen LogP) is 7.80. The van der Waals surface area contributed by atoms with Crippen molar-refractivity contribution < 1.29 is 23.5 Å². The molecule has 9 nitrogen and oxygen atoms in total. The average molecular weight is 630 g/mol. The largest absolute Gasteiger partial charge is 0.456 e. The van der Waals surface area contributed by atoms with Crippen molar-refractivity contribution >= 4 is 28.6 Å². The number of hydrogen-bond acceptors (Lipinski definition) is 6. The standard InChI is InChI=1S/C36H44FN5O4/c1-23-16-26(19-33(43)40-27-21-39-42(22-27)35(2,3)4)29(37)20-32(23)45-31-10-13-38-30-9-8-25(18-28(30)31)17-24-11-14-41(15-12-24)34(44)46-36(5,6)7/h8-10,13,16,18,20-22,24H,11-12,14-15,17,19H2,1-7H3,(H,40,43). The Bertz CT molecular complexity index is 1730. The van der Waals surface area contributed by atoms with E-state index in [0.717, 1.165) is 35.7 Å². The van der Waals surface area contributed by atoms with Crippen LogP contribution in [0.4, 0.5) is 14.9 Å². The fourth-order valence-electron chi connectivity index (χ4n) is 5.58. The maximum atomic E-state index is 15.3. The van der Waals surface area contributed by atoms with Crippen molar-refractivity contribution in [2.24, 2.45) is 5.92 Å². The van der Waals surface area contributed by atoms with Gasteiger partial charge in [-0.2, -0.15) is 5.10 Å². The molecule has 0 bridgehead atoms. The Morgan fingerprint density at radius 2 is 1.76 bits per heavy atom. The molecule has 4 aromatic rings. The Balaban J connectivity index is 1.24. The Kier molecular flexibility index (Phi) is 9.37. The fraction of sp³-hybridized carbons (Fsp3) is 0.444. The molecule has 2 aromatic carbocycles. The quantitative estimate of drug-likeness (QED) is 0.224. The number of hydrogen-bond donors (Lipinski definition) is 1. The molecule has 2 aromatic heterocycles. The van der Waals surface area contributed by atoms with Crippen LogP contribution in [0.5, 0.6) is 11.5 Å². The Hall–Kier alpha value is -4.47. The van der Waals surface area contributed by atoms with Crippen molar-refractivity contribution in [3.63, 3.8) is 0 Å². The molecule has 1 saturated heterocycles. The number of likely N-dealkylation sites (tertiary alicyclic amines) is 1. The predicted molar refractivity (Wildman–Crippen MR) is 177 cm³/mol. The number of ether oxygens (including phenoxy) is 2. The van der Waals surface area contributed by atoms with Gasteiger partial charge in [0, 0.05) is 36.9 Å². The third-order valence-corrected chi connectivity index (χ3v) is 8.03. The molecule has 0 radical (unpaired) electrons. The van der Waals surface area contributed by atoms with E-state index in [1.807, 2.05) is 54.5 Å². The van der Waals surface area contributed by atoms with Gasteiger partial charge in [-0.15, -0.1) is 0 Å². The molecule has 1 N–H and O–H groups in total. The van der Waals surface area contributed by atoms with Gasteiger partial charge in [-0.3, -0.25) is 14.5 Å². The number of piperidine rings is 1.